The molecule has 0 spiro atoms. The maximum atomic E-state index is 12.7. The molecule has 1 unspecified atom stereocenters. The standard InChI is InChI=1S/C25H30N2O7/c1-6-33-24(30)18-11-17(12-19(13-18)27(31)32)23(29)26-10-9-25(5)8-7-20-16(4)21(28)14(2)15(3)22(20)34-25/h11-13,28H,6-10H2,1-5H3,(H,26,29). The van der Waals surface area contributed by atoms with Gasteiger partial charge in [0.1, 0.15) is 17.1 Å². The minimum atomic E-state index is -0.728. The van der Waals surface area contributed by atoms with Crippen molar-refractivity contribution in [2.24, 2.45) is 0 Å². The van der Waals surface area contributed by atoms with Gasteiger partial charge in [-0.05, 0) is 70.2 Å². The summed E-state index contributed by atoms with van der Waals surface area (Å²) in [6, 6.07) is 3.51. The SMILES string of the molecule is CCOC(=O)c1cc(C(=O)NCCC2(C)CCc3c(C)c(O)c(C)c(C)c3O2)cc([N+](=O)[O-])c1. The minimum Gasteiger partial charge on any atom is -0.507 e. The highest BCUT2D eigenvalue weighted by molar-refractivity contribution is 5.99. The summed E-state index contributed by atoms with van der Waals surface area (Å²) in [6.07, 6.45) is 1.97. The number of hydrogen-bond acceptors (Lipinski definition) is 7. The number of nitrogens with zero attached hydrogens (tertiary/aromatic N) is 1. The van der Waals surface area contributed by atoms with E-state index in [-0.39, 0.29) is 30.0 Å². The van der Waals surface area contributed by atoms with Gasteiger partial charge in [0.05, 0.1) is 17.1 Å². The van der Waals surface area contributed by atoms with Crippen LogP contribution in [0.1, 0.15) is 69.7 Å². The fraction of sp³-hybridized carbons (Fsp3) is 0.440. The molecule has 9 heteroatoms. The van der Waals surface area contributed by atoms with Gasteiger partial charge in [-0.2, -0.15) is 0 Å². The van der Waals surface area contributed by atoms with E-state index >= 15 is 0 Å². The molecule has 0 fully saturated rings. The topological polar surface area (TPSA) is 128 Å². The van der Waals surface area contributed by atoms with Gasteiger partial charge in [0.15, 0.2) is 0 Å². The van der Waals surface area contributed by atoms with Gasteiger partial charge in [-0.3, -0.25) is 14.9 Å². The van der Waals surface area contributed by atoms with Crippen LogP contribution in [0.25, 0.3) is 0 Å². The summed E-state index contributed by atoms with van der Waals surface area (Å²) in [5.41, 5.74) is 2.59. The van der Waals surface area contributed by atoms with Crippen LogP contribution in [0, 0.1) is 30.9 Å². The second-order valence-corrected chi connectivity index (χ2v) is 8.84. The molecule has 1 atom stereocenters. The van der Waals surface area contributed by atoms with Crippen LogP contribution in [0.5, 0.6) is 11.5 Å². The molecule has 182 valence electrons. The first-order valence-corrected chi connectivity index (χ1v) is 11.2. The fourth-order valence-electron chi connectivity index (χ4n) is 4.19. The van der Waals surface area contributed by atoms with Crippen molar-refractivity contribution in [1.29, 1.82) is 0 Å². The van der Waals surface area contributed by atoms with Crippen molar-refractivity contribution in [2.45, 2.75) is 59.5 Å². The molecule has 3 rings (SSSR count). The number of hydrogen-bond donors (Lipinski definition) is 2. The highest BCUT2D eigenvalue weighted by Crippen LogP contribution is 2.43. The molecule has 2 aromatic carbocycles. The van der Waals surface area contributed by atoms with Gasteiger partial charge in [-0.15, -0.1) is 0 Å². The predicted molar refractivity (Wildman–Crippen MR) is 126 cm³/mol. The molecule has 0 aliphatic carbocycles. The molecular weight excluding hydrogens is 440 g/mol. The number of nitro groups is 1. The zero-order chi connectivity index (χ0) is 25.2. The maximum Gasteiger partial charge on any atom is 0.338 e. The third kappa shape index (κ3) is 4.98. The van der Waals surface area contributed by atoms with Crippen molar-refractivity contribution in [1.82, 2.24) is 5.32 Å². The first-order chi connectivity index (χ1) is 16.0. The second-order valence-electron chi connectivity index (χ2n) is 8.84. The third-order valence-corrected chi connectivity index (χ3v) is 6.43. The Morgan fingerprint density at radius 3 is 2.50 bits per heavy atom. The monoisotopic (exact) mass is 470 g/mol. The van der Waals surface area contributed by atoms with E-state index in [1.807, 2.05) is 27.7 Å². The van der Waals surface area contributed by atoms with Crippen molar-refractivity contribution in [3.63, 3.8) is 0 Å². The minimum absolute atomic E-state index is 0.00915. The lowest BCUT2D eigenvalue weighted by molar-refractivity contribution is -0.384. The third-order valence-electron chi connectivity index (χ3n) is 6.43. The molecule has 34 heavy (non-hydrogen) atoms. The number of nitrogens with one attached hydrogen (secondary N) is 1. The first-order valence-electron chi connectivity index (χ1n) is 11.2. The van der Waals surface area contributed by atoms with Crippen LogP contribution in [-0.4, -0.2) is 40.7 Å². The zero-order valence-electron chi connectivity index (χ0n) is 20.1. The zero-order valence-corrected chi connectivity index (χ0v) is 20.1. The lowest BCUT2D eigenvalue weighted by atomic mass is 9.85. The molecule has 1 aliphatic heterocycles. The average Bonchev–Trinajstić information content (AvgIpc) is 2.81. The van der Waals surface area contributed by atoms with E-state index < -0.39 is 22.4 Å². The first kappa shape index (κ1) is 25.0. The number of aromatic hydroxyl groups is 1. The van der Waals surface area contributed by atoms with Crippen LogP contribution < -0.4 is 10.1 Å². The second kappa shape index (κ2) is 9.70. The average molecular weight is 471 g/mol. The van der Waals surface area contributed by atoms with Gasteiger partial charge in [-0.1, -0.05) is 0 Å². The van der Waals surface area contributed by atoms with Crippen molar-refractivity contribution in [2.75, 3.05) is 13.2 Å². The van der Waals surface area contributed by atoms with Crippen LogP contribution >= 0.6 is 0 Å². The molecule has 2 aromatic rings. The highest BCUT2D eigenvalue weighted by Gasteiger charge is 2.34. The molecule has 1 heterocycles. The summed E-state index contributed by atoms with van der Waals surface area (Å²) in [5.74, 6) is -0.170. The van der Waals surface area contributed by atoms with Crippen molar-refractivity contribution >= 4 is 17.6 Å². The Morgan fingerprint density at radius 2 is 1.85 bits per heavy atom. The number of phenols is 1. The number of amides is 1. The van der Waals surface area contributed by atoms with Crippen molar-refractivity contribution < 1.29 is 29.1 Å². The Labute approximate surface area is 198 Å². The Morgan fingerprint density at radius 1 is 1.18 bits per heavy atom. The lowest BCUT2D eigenvalue weighted by Crippen LogP contribution is -2.40. The molecule has 0 saturated heterocycles. The van der Waals surface area contributed by atoms with Crippen LogP contribution in [0.2, 0.25) is 0 Å². The fourth-order valence-corrected chi connectivity index (χ4v) is 4.19. The number of ether oxygens (including phenoxy) is 2. The van der Waals surface area contributed by atoms with Gasteiger partial charge >= 0.3 is 5.97 Å². The van der Waals surface area contributed by atoms with Crippen LogP contribution in [0.3, 0.4) is 0 Å². The molecule has 1 amide bonds. The summed E-state index contributed by atoms with van der Waals surface area (Å²) in [4.78, 5) is 35.4. The van der Waals surface area contributed by atoms with E-state index in [2.05, 4.69) is 5.32 Å². The van der Waals surface area contributed by atoms with Gasteiger partial charge in [0.2, 0.25) is 0 Å². The summed E-state index contributed by atoms with van der Waals surface area (Å²) in [5, 5.41) is 24.4. The van der Waals surface area contributed by atoms with Crippen molar-refractivity contribution in [3.05, 3.63) is 61.7 Å². The number of phenolic OH excluding ortho intramolecular Hbond substituents is 1. The number of nitro benzene ring substituents is 1. The van der Waals surface area contributed by atoms with Crippen LogP contribution in [-0.2, 0) is 11.2 Å². The molecule has 1 aliphatic rings. The smallest absolute Gasteiger partial charge is 0.338 e. The molecule has 9 nitrogen and oxygen atoms in total. The van der Waals surface area contributed by atoms with Gasteiger partial charge < -0.3 is 19.9 Å². The molecule has 0 saturated carbocycles. The van der Waals surface area contributed by atoms with Crippen LogP contribution in [0.15, 0.2) is 18.2 Å². The number of carbonyl (C=O) groups is 2. The quantitative estimate of drug-likeness (QED) is 0.351. The van der Waals surface area contributed by atoms with E-state index in [0.29, 0.717) is 18.6 Å². The summed E-state index contributed by atoms with van der Waals surface area (Å²) >= 11 is 0. The highest BCUT2D eigenvalue weighted by atomic mass is 16.6. The van der Waals surface area contributed by atoms with Gasteiger partial charge in [0, 0.05) is 36.2 Å². The van der Waals surface area contributed by atoms with Crippen LogP contribution in [0.4, 0.5) is 5.69 Å². The molecular formula is C25H30N2O7. The van der Waals surface area contributed by atoms with E-state index in [9.17, 15) is 24.8 Å². The molecule has 0 aromatic heterocycles. The number of fused-ring (bicyclic) bond motifs is 1. The largest absolute Gasteiger partial charge is 0.507 e. The van der Waals surface area contributed by atoms with E-state index in [1.165, 1.54) is 6.07 Å². The van der Waals surface area contributed by atoms with Crippen molar-refractivity contribution in [3.8, 4) is 11.5 Å². The van der Waals surface area contributed by atoms with E-state index in [1.54, 1.807) is 6.92 Å². The molecule has 0 bridgehead atoms. The van der Waals surface area contributed by atoms with E-state index in [4.69, 9.17) is 9.47 Å². The molecule has 0 radical (unpaired) electrons. The normalized spacial score (nSPS) is 16.9. The summed E-state index contributed by atoms with van der Waals surface area (Å²) < 4.78 is 11.3. The lowest BCUT2D eigenvalue weighted by Gasteiger charge is -2.38. The number of benzene rings is 2. The number of carbonyl (C=O) groups excluding carboxylic acids is 2. The number of esters is 1. The Kier molecular flexibility index (Phi) is 7.14. The predicted octanol–water partition coefficient (Wildman–Crippen LogP) is 4.31. The maximum absolute atomic E-state index is 12.7. The summed E-state index contributed by atoms with van der Waals surface area (Å²) in [7, 11) is 0. The Hall–Kier alpha value is -3.62. The van der Waals surface area contributed by atoms with Gasteiger partial charge in [0.25, 0.3) is 11.6 Å². The Balaban J connectivity index is 1.72. The van der Waals surface area contributed by atoms with Gasteiger partial charge in [-0.25, -0.2) is 4.79 Å². The molecule has 2 N–H and O–H groups in total. The number of rotatable bonds is 7. The Bertz CT molecular complexity index is 1160. The van der Waals surface area contributed by atoms with E-state index in [0.717, 1.165) is 46.6 Å². The summed E-state index contributed by atoms with van der Waals surface area (Å²) in [6.45, 7) is 9.66. The number of non-ortho nitro benzene ring substituents is 1.